The predicted molar refractivity (Wildman–Crippen MR) is 84.9 cm³/mol. The molecule has 0 unspecified atom stereocenters. The third-order valence-electron chi connectivity index (χ3n) is 3.80. The van der Waals surface area contributed by atoms with Crippen LogP contribution in [0.2, 0.25) is 0 Å². The molecule has 3 rings (SSSR count). The van der Waals surface area contributed by atoms with E-state index in [-0.39, 0.29) is 6.90 Å². The third-order valence-corrected chi connectivity index (χ3v) is 3.80. The summed E-state index contributed by atoms with van der Waals surface area (Å²) in [6.45, 7) is 0.283. The van der Waals surface area contributed by atoms with Gasteiger partial charge >= 0.3 is 0 Å². The fourth-order valence-electron chi connectivity index (χ4n) is 2.67. The molecular weight excluding hydrogens is 240 g/mol. The highest BCUT2D eigenvalue weighted by atomic mass is 14.3. The minimum absolute atomic E-state index is 0.283. The Bertz CT molecular complexity index is 578. The zero-order valence-corrected chi connectivity index (χ0v) is 11.4. The van der Waals surface area contributed by atoms with Crippen LogP contribution in [0.4, 0.5) is 0 Å². The fourth-order valence-corrected chi connectivity index (χ4v) is 2.67. The Morgan fingerprint density at radius 2 is 0.850 bits per heavy atom. The first-order chi connectivity index (χ1) is 10.4. The van der Waals surface area contributed by atoms with Gasteiger partial charge in [-0.3, -0.25) is 0 Å². The highest BCUT2D eigenvalue weighted by Gasteiger charge is 2.30. The molecule has 0 aliphatic carbocycles. The summed E-state index contributed by atoms with van der Waals surface area (Å²) in [4.78, 5) is 0. The second-order valence-corrected chi connectivity index (χ2v) is 5.00. The molecule has 0 bridgehead atoms. The van der Waals surface area contributed by atoms with Crippen LogP contribution < -0.4 is 0 Å². The van der Waals surface area contributed by atoms with E-state index in [2.05, 4.69) is 36.4 Å². The van der Waals surface area contributed by atoms with Crippen molar-refractivity contribution in [2.45, 2.75) is 12.3 Å². The Hall–Kier alpha value is -2.34. The van der Waals surface area contributed by atoms with E-state index in [1.54, 1.807) is 0 Å². The highest BCUT2D eigenvalue weighted by Crippen LogP contribution is 2.38. The molecule has 3 aromatic rings. The van der Waals surface area contributed by atoms with Gasteiger partial charge in [-0.05, 0) is 23.6 Å². The summed E-state index contributed by atoms with van der Waals surface area (Å²) in [6.07, 6.45) is 0. The first-order valence-corrected chi connectivity index (χ1v) is 6.84. The molecule has 0 N–H and O–H groups in total. The first kappa shape index (κ1) is 11.5. The molecule has 0 amide bonds. The van der Waals surface area contributed by atoms with E-state index < -0.39 is 5.41 Å². The molecule has 0 aliphatic heterocycles. The van der Waals surface area contributed by atoms with Crippen molar-refractivity contribution in [2.75, 3.05) is 0 Å². The van der Waals surface area contributed by atoms with E-state index in [4.69, 9.17) is 1.37 Å². The van der Waals surface area contributed by atoms with Gasteiger partial charge in [0, 0.05) is 6.79 Å². The SMILES string of the molecule is [2H]CC(c1ccccc1)(c1ccccc1)c1ccccc1. The molecule has 0 nitrogen and oxygen atoms in total. The molecule has 0 radical (unpaired) electrons. The van der Waals surface area contributed by atoms with Gasteiger partial charge in [-0.1, -0.05) is 91.0 Å². The van der Waals surface area contributed by atoms with Crippen LogP contribution in [-0.2, 0) is 5.41 Å². The molecule has 98 valence electrons. The van der Waals surface area contributed by atoms with Crippen LogP contribution in [0.15, 0.2) is 91.0 Å². The quantitative estimate of drug-likeness (QED) is 0.578. The maximum absolute atomic E-state index is 8.32. The summed E-state index contributed by atoms with van der Waals surface area (Å²) in [5, 5.41) is 0. The van der Waals surface area contributed by atoms with Crippen LogP contribution in [0, 0.1) is 0 Å². The smallest absolute Gasteiger partial charge is 0.0423 e. The second kappa shape index (κ2) is 5.34. The largest absolute Gasteiger partial charge is 0.0622 e. The molecule has 20 heavy (non-hydrogen) atoms. The molecule has 0 heteroatoms. The Balaban J connectivity index is 2.29. The predicted octanol–water partition coefficient (Wildman–Crippen LogP) is 5.04. The van der Waals surface area contributed by atoms with Crippen molar-refractivity contribution >= 4 is 0 Å². The van der Waals surface area contributed by atoms with Gasteiger partial charge in [0.15, 0.2) is 0 Å². The third kappa shape index (κ3) is 2.14. The molecule has 0 fully saturated rings. The molecule has 0 spiro atoms. The lowest BCUT2D eigenvalue weighted by molar-refractivity contribution is 0.692. The molecule has 3 aromatic carbocycles. The van der Waals surface area contributed by atoms with Gasteiger partial charge in [0.1, 0.15) is 0 Å². The first-order valence-electron chi connectivity index (χ1n) is 7.54. The maximum Gasteiger partial charge on any atom is 0.0423 e. The Labute approximate surface area is 122 Å². The topological polar surface area (TPSA) is 0 Å². The molecule has 0 heterocycles. The van der Waals surface area contributed by atoms with Crippen molar-refractivity contribution < 1.29 is 1.37 Å². The van der Waals surface area contributed by atoms with Crippen LogP contribution in [0.1, 0.15) is 25.0 Å². The standard InChI is InChI=1S/C20H18/c1-20(17-11-5-2-6-12-17,18-13-7-3-8-14-18)19-15-9-4-10-16-19/h2-16H,1H3/i1D. The van der Waals surface area contributed by atoms with Crippen LogP contribution in [0.25, 0.3) is 0 Å². The summed E-state index contributed by atoms with van der Waals surface area (Å²) >= 11 is 0. The van der Waals surface area contributed by atoms with E-state index in [1.807, 2.05) is 54.6 Å². The van der Waals surface area contributed by atoms with Crippen LogP contribution in [0.5, 0.6) is 0 Å². The summed E-state index contributed by atoms with van der Waals surface area (Å²) in [5.41, 5.74) is 3.08. The maximum atomic E-state index is 8.32. The zero-order valence-electron chi connectivity index (χ0n) is 12.4. The normalized spacial score (nSPS) is 11.9. The Morgan fingerprint density at radius 1 is 0.550 bits per heavy atom. The van der Waals surface area contributed by atoms with Crippen molar-refractivity contribution in [3.8, 4) is 0 Å². The van der Waals surface area contributed by atoms with E-state index in [9.17, 15) is 0 Å². The lowest BCUT2D eigenvalue weighted by Crippen LogP contribution is -2.25. The number of hydrogen-bond donors (Lipinski definition) is 0. The fraction of sp³-hybridized carbons (Fsp3) is 0.100. The average molecular weight is 259 g/mol. The number of hydrogen-bond acceptors (Lipinski definition) is 0. The van der Waals surface area contributed by atoms with Crippen molar-refractivity contribution in [1.82, 2.24) is 0 Å². The summed E-state index contributed by atoms with van der Waals surface area (Å²) in [6, 6.07) is 31.1. The average Bonchev–Trinajstić information content (AvgIpc) is 2.59. The van der Waals surface area contributed by atoms with Crippen molar-refractivity contribution in [1.29, 1.82) is 0 Å². The van der Waals surface area contributed by atoms with E-state index in [1.165, 1.54) is 0 Å². The molecular formula is C20H18. The Kier molecular flexibility index (Phi) is 3.07. The molecule has 0 saturated carbocycles. The van der Waals surface area contributed by atoms with Crippen molar-refractivity contribution in [2.24, 2.45) is 0 Å². The van der Waals surface area contributed by atoms with Crippen molar-refractivity contribution in [3.63, 3.8) is 0 Å². The van der Waals surface area contributed by atoms with Gasteiger partial charge in [-0.2, -0.15) is 0 Å². The van der Waals surface area contributed by atoms with Gasteiger partial charge in [0.2, 0.25) is 0 Å². The minimum atomic E-state index is -0.413. The van der Waals surface area contributed by atoms with Gasteiger partial charge in [-0.25, -0.2) is 0 Å². The number of rotatable bonds is 3. The van der Waals surface area contributed by atoms with Crippen LogP contribution in [-0.4, -0.2) is 0 Å². The molecule has 0 atom stereocenters. The summed E-state index contributed by atoms with van der Waals surface area (Å²) in [7, 11) is 0. The lowest BCUT2D eigenvalue weighted by Gasteiger charge is -2.31. The minimum Gasteiger partial charge on any atom is -0.0622 e. The lowest BCUT2D eigenvalue weighted by atomic mass is 9.71. The molecule has 0 aromatic heterocycles. The van der Waals surface area contributed by atoms with Gasteiger partial charge in [0.05, 0.1) is 0 Å². The van der Waals surface area contributed by atoms with Crippen LogP contribution >= 0.6 is 0 Å². The van der Waals surface area contributed by atoms with Gasteiger partial charge < -0.3 is 0 Å². The summed E-state index contributed by atoms with van der Waals surface area (Å²) in [5.74, 6) is 0. The van der Waals surface area contributed by atoms with E-state index in [0.717, 1.165) is 16.7 Å². The Morgan fingerprint density at radius 3 is 1.10 bits per heavy atom. The molecule has 0 saturated heterocycles. The second-order valence-electron chi connectivity index (χ2n) is 5.00. The molecule has 0 aliphatic rings. The van der Waals surface area contributed by atoms with Gasteiger partial charge in [-0.15, -0.1) is 0 Å². The van der Waals surface area contributed by atoms with E-state index in [0.29, 0.717) is 0 Å². The monoisotopic (exact) mass is 259 g/mol. The van der Waals surface area contributed by atoms with Crippen LogP contribution in [0.3, 0.4) is 0 Å². The zero-order chi connectivity index (χ0) is 14.5. The number of benzene rings is 3. The van der Waals surface area contributed by atoms with Crippen molar-refractivity contribution in [3.05, 3.63) is 108 Å². The van der Waals surface area contributed by atoms with Gasteiger partial charge in [0.25, 0.3) is 0 Å². The highest BCUT2D eigenvalue weighted by molar-refractivity contribution is 5.49. The summed E-state index contributed by atoms with van der Waals surface area (Å²) < 4.78 is 8.32. The van der Waals surface area contributed by atoms with E-state index >= 15 is 0 Å².